The molecular formula is C16H19N3. The molecule has 19 heavy (non-hydrogen) atoms. The number of hydrogen-bond donors (Lipinski definition) is 3. The number of hydrogen-bond acceptors (Lipinski definition) is 3. The zero-order chi connectivity index (χ0) is 12.9. The number of aryl methyl sites for hydroxylation is 1. The predicted octanol–water partition coefficient (Wildman–Crippen LogP) is 3.16. The summed E-state index contributed by atoms with van der Waals surface area (Å²) in [5, 5.41) is 3.51. The normalized spacial score (nSPS) is 13.5. The number of fused-ring (bicyclic) bond motifs is 1. The second-order valence-electron chi connectivity index (χ2n) is 4.83. The lowest BCUT2D eigenvalue weighted by molar-refractivity contribution is 0.782. The second-order valence-corrected chi connectivity index (χ2v) is 4.83. The molecule has 3 N–H and O–H groups in total. The van der Waals surface area contributed by atoms with E-state index in [2.05, 4.69) is 34.4 Å². The quantitative estimate of drug-likeness (QED) is 0.733. The molecule has 0 aromatic heterocycles. The van der Waals surface area contributed by atoms with Crippen molar-refractivity contribution < 1.29 is 0 Å². The fourth-order valence-corrected chi connectivity index (χ4v) is 2.49. The second kappa shape index (κ2) is 5.76. The monoisotopic (exact) mass is 253 g/mol. The van der Waals surface area contributed by atoms with Crippen LogP contribution >= 0.6 is 0 Å². The Labute approximate surface area is 114 Å². The minimum absolute atomic E-state index is 0.811. The van der Waals surface area contributed by atoms with Crippen LogP contribution in [-0.4, -0.2) is 6.54 Å². The molecule has 0 spiro atoms. The summed E-state index contributed by atoms with van der Waals surface area (Å²) in [6, 6.07) is 16.7. The number of para-hydroxylation sites is 2. The predicted molar refractivity (Wildman–Crippen MR) is 80.2 cm³/mol. The Balaban J connectivity index is 1.64. The van der Waals surface area contributed by atoms with E-state index in [0.29, 0.717) is 0 Å². The van der Waals surface area contributed by atoms with Gasteiger partial charge in [0.25, 0.3) is 0 Å². The van der Waals surface area contributed by atoms with E-state index < -0.39 is 0 Å². The minimum atomic E-state index is 0.811. The highest BCUT2D eigenvalue weighted by Crippen LogP contribution is 2.25. The van der Waals surface area contributed by atoms with Crippen molar-refractivity contribution >= 4 is 11.4 Å². The maximum atomic E-state index is 3.51. The van der Waals surface area contributed by atoms with Crippen LogP contribution in [0.25, 0.3) is 0 Å². The van der Waals surface area contributed by atoms with Crippen LogP contribution in [0.1, 0.15) is 17.5 Å². The Bertz CT molecular complexity index is 537. The van der Waals surface area contributed by atoms with Gasteiger partial charge in [-0.1, -0.05) is 36.4 Å². The van der Waals surface area contributed by atoms with Gasteiger partial charge in [-0.3, -0.25) is 0 Å². The van der Waals surface area contributed by atoms with Crippen LogP contribution in [0.4, 0.5) is 11.4 Å². The fraction of sp³-hybridized carbons (Fsp3) is 0.250. The molecule has 98 valence electrons. The Morgan fingerprint density at radius 1 is 1.00 bits per heavy atom. The molecule has 0 fully saturated rings. The summed E-state index contributed by atoms with van der Waals surface area (Å²) in [7, 11) is 0. The molecule has 3 nitrogen and oxygen atoms in total. The summed E-state index contributed by atoms with van der Waals surface area (Å²) in [5.74, 6) is 0. The number of anilines is 2. The molecular weight excluding hydrogens is 234 g/mol. The lowest BCUT2D eigenvalue weighted by Gasteiger charge is -2.21. The first kappa shape index (κ1) is 12.1. The largest absolute Gasteiger partial charge is 0.385 e. The molecule has 0 atom stereocenters. The molecule has 1 heterocycles. The summed E-state index contributed by atoms with van der Waals surface area (Å²) in [4.78, 5) is 0. The Morgan fingerprint density at radius 3 is 2.79 bits per heavy atom. The van der Waals surface area contributed by atoms with Crippen molar-refractivity contribution in [3.8, 4) is 0 Å². The van der Waals surface area contributed by atoms with Gasteiger partial charge in [0.15, 0.2) is 0 Å². The Morgan fingerprint density at radius 2 is 1.89 bits per heavy atom. The summed E-state index contributed by atoms with van der Waals surface area (Å²) in [6.45, 7) is 1.89. The topological polar surface area (TPSA) is 36.1 Å². The first-order valence-corrected chi connectivity index (χ1v) is 6.82. The highest BCUT2D eigenvalue weighted by molar-refractivity contribution is 5.59. The summed E-state index contributed by atoms with van der Waals surface area (Å²) in [6.07, 6.45) is 2.41. The average Bonchev–Trinajstić information content (AvgIpc) is 2.49. The molecule has 3 rings (SSSR count). The van der Waals surface area contributed by atoms with Crippen LogP contribution in [0.5, 0.6) is 0 Å². The maximum absolute atomic E-state index is 3.51. The fourth-order valence-electron chi connectivity index (χ4n) is 2.49. The average molecular weight is 253 g/mol. The van der Waals surface area contributed by atoms with Gasteiger partial charge in [0.1, 0.15) is 0 Å². The number of benzene rings is 2. The molecule has 1 aliphatic heterocycles. The van der Waals surface area contributed by atoms with Crippen molar-refractivity contribution in [1.29, 1.82) is 0 Å². The Kier molecular flexibility index (Phi) is 3.65. The van der Waals surface area contributed by atoms with Crippen LogP contribution in [0.3, 0.4) is 0 Å². The van der Waals surface area contributed by atoms with Crippen molar-refractivity contribution in [3.05, 3.63) is 59.7 Å². The first-order valence-electron chi connectivity index (χ1n) is 6.82. The van der Waals surface area contributed by atoms with E-state index in [1.165, 1.54) is 29.7 Å². The van der Waals surface area contributed by atoms with Gasteiger partial charge < -0.3 is 10.7 Å². The highest BCUT2D eigenvalue weighted by atomic mass is 15.3. The van der Waals surface area contributed by atoms with Crippen molar-refractivity contribution in [3.63, 3.8) is 0 Å². The molecule has 0 aliphatic carbocycles. The number of hydrazine groups is 1. The van der Waals surface area contributed by atoms with Crippen molar-refractivity contribution in [1.82, 2.24) is 5.43 Å². The third-order valence-electron chi connectivity index (χ3n) is 3.45. The van der Waals surface area contributed by atoms with Crippen molar-refractivity contribution in [2.45, 2.75) is 19.4 Å². The van der Waals surface area contributed by atoms with Gasteiger partial charge in [0.2, 0.25) is 0 Å². The van der Waals surface area contributed by atoms with Crippen LogP contribution in [0, 0.1) is 0 Å². The van der Waals surface area contributed by atoms with E-state index in [4.69, 9.17) is 0 Å². The lowest BCUT2D eigenvalue weighted by Crippen LogP contribution is -2.23. The SMILES string of the molecule is c1ccc(NNCc2cccc3c2NCCC3)cc1. The molecule has 0 unspecified atom stereocenters. The third-order valence-corrected chi connectivity index (χ3v) is 3.45. The molecule has 0 saturated carbocycles. The molecule has 0 bridgehead atoms. The van der Waals surface area contributed by atoms with Crippen LogP contribution in [-0.2, 0) is 13.0 Å². The van der Waals surface area contributed by atoms with E-state index in [1.807, 2.05) is 30.3 Å². The van der Waals surface area contributed by atoms with Gasteiger partial charge in [-0.2, -0.15) is 0 Å². The maximum Gasteiger partial charge on any atom is 0.0487 e. The third kappa shape index (κ3) is 2.88. The van der Waals surface area contributed by atoms with Crippen LogP contribution < -0.4 is 16.2 Å². The van der Waals surface area contributed by atoms with E-state index in [1.54, 1.807) is 0 Å². The van der Waals surface area contributed by atoms with Gasteiger partial charge in [0.05, 0.1) is 0 Å². The standard InChI is InChI=1S/C16H19N3/c1-2-9-15(10-3-1)19-18-12-14-7-4-6-13-8-5-11-17-16(13)14/h1-4,6-7,9-10,17-19H,5,8,11-12H2. The van der Waals surface area contributed by atoms with E-state index in [0.717, 1.165) is 18.8 Å². The van der Waals surface area contributed by atoms with Crippen LogP contribution in [0.2, 0.25) is 0 Å². The van der Waals surface area contributed by atoms with Gasteiger partial charge in [0, 0.05) is 24.5 Å². The van der Waals surface area contributed by atoms with E-state index in [-0.39, 0.29) is 0 Å². The summed E-state index contributed by atoms with van der Waals surface area (Å²) < 4.78 is 0. The summed E-state index contributed by atoms with van der Waals surface area (Å²) in [5.41, 5.74) is 11.7. The lowest BCUT2D eigenvalue weighted by atomic mass is 9.99. The smallest absolute Gasteiger partial charge is 0.0487 e. The molecule has 0 amide bonds. The van der Waals surface area contributed by atoms with Gasteiger partial charge in [-0.25, -0.2) is 5.43 Å². The molecule has 2 aromatic carbocycles. The van der Waals surface area contributed by atoms with Crippen molar-refractivity contribution in [2.75, 3.05) is 17.3 Å². The highest BCUT2D eigenvalue weighted by Gasteiger charge is 2.11. The first-order chi connectivity index (χ1) is 9.43. The van der Waals surface area contributed by atoms with Gasteiger partial charge in [-0.15, -0.1) is 0 Å². The molecule has 1 aliphatic rings. The van der Waals surface area contributed by atoms with Gasteiger partial charge in [-0.05, 0) is 36.1 Å². The molecule has 0 saturated heterocycles. The zero-order valence-electron chi connectivity index (χ0n) is 10.9. The number of nitrogens with one attached hydrogen (secondary N) is 3. The van der Waals surface area contributed by atoms with Crippen LogP contribution in [0.15, 0.2) is 48.5 Å². The molecule has 2 aromatic rings. The van der Waals surface area contributed by atoms with Gasteiger partial charge >= 0.3 is 0 Å². The summed E-state index contributed by atoms with van der Waals surface area (Å²) >= 11 is 0. The molecule has 0 radical (unpaired) electrons. The van der Waals surface area contributed by atoms with E-state index >= 15 is 0 Å². The van der Waals surface area contributed by atoms with Crippen molar-refractivity contribution in [2.24, 2.45) is 0 Å². The van der Waals surface area contributed by atoms with E-state index in [9.17, 15) is 0 Å². The zero-order valence-corrected chi connectivity index (χ0v) is 10.9. The number of rotatable bonds is 4. The minimum Gasteiger partial charge on any atom is -0.385 e. The molecule has 3 heteroatoms. The Hall–Kier alpha value is -2.00.